The van der Waals surface area contributed by atoms with Gasteiger partial charge in [0.2, 0.25) is 0 Å². The lowest BCUT2D eigenvalue weighted by Crippen LogP contribution is -2.37. The van der Waals surface area contributed by atoms with Crippen LogP contribution in [0.1, 0.15) is 104 Å². The van der Waals surface area contributed by atoms with Crippen LogP contribution in [0, 0.1) is 12.8 Å². The maximum atomic E-state index is 14.6. The average molecular weight is 832 g/mol. The molecule has 1 aromatic heterocycles. The third-order valence-corrected chi connectivity index (χ3v) is 8.85. The SMILES string of the molecule is C#C.C/C=C\C(=C/CCN(Cc1ccc2c(c1)CCO2)Cc1c(/C(C)=C/C(=C\C)CC)nc(-c2ccccc2)n1CCCC)OC(F)(CF)C(F)F.CC.CCF.CF. The van der Waals surface area contributed by atoms with E-state index in [1.165, 1.54) is 24.1 Å². The van der Waals surface area contributed by atoms with Gasteiger partial charge in [-0.2, -0.15) is 4.39 Å². The highest BCUT2D eigenvalue weighted by Crippen LogP contribution is 2.32. The van der Waals surface area contributed by atoms with E-state index >= 15 is 0 Å². The van der Waals surface area contributed by atoms with Gasteiger partial charge in [-0.3, -0.25) is 13.7 Å². The van der Waals surface area contributed by atoms with E-state index in [2.05, 4.69) is 79.5 Å². The molecule has 1 aliphatic heterocycles. The Morgan fingerprint density at radius 1 is 1.03 bits per heavy atom. The van der Waals surface area contributed by atoms with Crippen LogP contribution in [0.2, 0.25) is 0 Å². The molecule has 0 saturated carbocycles. The minimum atomic E-state index is -3.71. The highest BCUT2D eigenvalue weighted by molar-refractivity contribution is 5.69. The first kappa shape index (κ1) is 54.3. The minimum absolute atomic E-state index is 0.139. The second-order valence-electron chi connectivity index (χ2n) is 12.9. The first-order valence-electron chi connectivity index (χ1n) is 20.3. The first-order valence-corrected chi connectivity index (χ1v) is 20.3. The van der Waals surface area contributed by atoms with Gasteiger partial charge in [0, 0.05) is 38.2 Å². The molecule has 0 N–H and O–H groups in total. The Morgan fingerprint density at radius 2 is 1.69 bits per heavy atom. The molecule has 3 aromatic rings. The molecule has 0 spiro atoms. The van der Waals surface area contributed by atoms with Crippen LogP contribution in [0.3, 0.4) is 0 Å². The van der Waals surface area contributed by atoms with Crippen molar-refractivity contribution in [3.8, 4) is 30.0 Å². The van der Waals surface area contributed by atoms with Crippen LogP contribution in [0.25, 0.3) is 17.0 Å². The van der Waals surface area contributed by atoms with Gasteiger partial charge in [-0.15, -0.1) is 12.8 Å². The standard InChI is InChI=1S/C41H51F4N3O2.C2H5F.C2H6.C2H2.CH3F/c1-6-10-23-48-36(38(30(5)25-31(8-3)9-4)46-39(48)33-16-12-11-13-17-33)28-47(27-32-19-20-37-34(26-32)21-24-49-37)22-14-18-35(15-7-2)50-41(45,29-42)40(43)44;1-2-3;3*1-2/h7-8,11-13,15-20,25-26,40H,6,9-10,14,21-24,27-29H2,1-5H3;2H2,1H3;1-2H3;1-2H;1H3/b15-7-,30-25+,31-8-,35-18+;;;;. The lowest BCUT2D eigenvalue weighted by atomic mass is 10.1. The fourth-order valence-corrected chi connectivity index (χ4v) is 6.11. The Hall–Kier alpha value is -4.69. The molecule has 0 saturated heterocycles. The van der Waals surface area contributed by atoms with Crippen molar-refractivity contribution in [3.63, 3.8) is 0 Å². The summed E-state index contributed by atoms with van der Waals surface area (Å²) in [5, 5.41) is 0. The van der Waals surface area contributed by atoms with Crippen molar-refractivity contribution in [2.45, 2.75) is 119 Å². The maximum absolute atomic E-state index is 14.6. The molecule has 59 heavy (non-hydrogen) atoms. The van der Waals surface area contributed by atoms with Gasteiger partial charge in [0.25, 0.3) is 0 Å². The summed E-state index contributed by atoms with van der Waals surface area (Å²) >= 11 is 0. The molecule has 1 unspecified atom stereocenters. The van der Waals surface area contributed by atoms with Crippen molar-refractivity contribution in [1.29, 1.82) is 0 Å². The van der Waals surface area contributed by atoms with E-state index in [4.69, 9.17) is 14.5 Å². The van der Waals surface area contributed by atoms with Gasteiger partial charge in [-0.05, 0) is 81.9 Å². The van der Waals surface area contributed by atoms with Gasteiger partial charge >= 0.3 is 12.3 Å². The molecule has 4 rings (SSSR count). The molecule has 0 amide bonds. The predicted octanol–water partition coefficient (Wildman–Crippen LogP) is 13.7. The summed E-state index contributed by atoms with van der Waals surface area (Å²) in [5.41, 5.74) is 7.61. The number of terminal acetylenes is 1. The van der Waals surface area contributed by atoms with E-state index in [1.807, 2.05) is 45.0 Å². The zero-order chi connectivity index (χ0) is 44.8. The van der Waals surface area contributed by atoms with Gasteiger partial charge < -0.3 is 14.0 Å². The van der Waals surface area contributed by atoms with E-state index in [-0.39, 0.29) is 12.4 Å². The molecular weight excluding hydrogens is 765 g/mol. The molecule has 1 atom stereocenters. The Kier molecular flexibility index (Phi) is 28.8. The number of aromatic nitrogens is 2. The number of benzene rings is 2. The van der Waals surface area contributed by atoms with Crippen LogP contribution in [0.5, 0.6) is 5.75 Å². The van der Waals surface area contributed by atoms with Crippen LogP contribution < -0.4 is 4.74 Å². The first-order chi connectivity index (χ1) is 28.6. The summed E-state index contributed by atoms with van der Waals surface area (Å²) in [6.45, 7) is 16.4. The van der Waals surface area contributed by atoms with Crippen molar-refractivity contribution in [2.75, 3.05) is 33.7 Å². The summed E-state index contributed by atoms with van der Waals surface area (Å²) in [6, 6.07) is 16.5. The maximum Gasteiger partial charge on any atom is 0.336 e. The third kappa shape index (κ3) is 17.6. The number of allylic oxidation sites excluding steroid dienone is 6. The summed E-state index contributed by atoms with van der Waals surface area (Å²) in [5.74, 6) is -2.03. The monoisotopic (exact) mass is 832 g/mol. The number of alkyl halides is 6. The molecule has 0 bridgehead atoms. The van der Waals surface area contributed by atoms with Crippen LogP contribution in [0.4, 0.5) is 26.3 Å². The molecule has 2 heterocycles. The van der Waals surface area contributed by atoms with Gasteiger partial charge in [0.15, 0.2) is 6.67 Å². The largest absolute Gasteiger partial charge is 0.493 e. The number of hydrogen-bond donors (Lipinski definition) is 0. The molecule has 0 radical (unpaired) electrons. The summed E-state index contributed by atoms with van der Waals surface area (Å²) in [6.07, 6.45) is 17.3. The van der Waals surface area contributed by atoms with Crippen LogP contribution in [-0.4, -0.2) is 60.4 Å². The number of hydrogen-bond acceptors (Lipinski definition) is 4. The molecule has 11 heteroatoms. The van der Waals surface area contributed by atoms with Gasteiger partial charge in [-0.1, -0.05) is 100 Å². The van der Waals surface area contributed by atoms with Crippen LogP contribution in [-0.2, 0) is 30.8 Å². The molecule has 5 nitrogen and oxygen atoms in total. The van der Waals surface area contributed by atoms with Crippen LogP contribution in [0.15, 0.2) is 90.2 Å². The second-order valence-corrected chi connectivity index (χ2v) is 12.9. The zero-order valence-electron chi connectivity index (χ0n) is 36.6. The van der Waals surface area contributed by atoms with Crippen LogP contribution >= 0.6 is 0 Å². The minimum Gasteiger partial charge on any atom is -0.493 e. The Labute approximate surface area is 350 Å². The number of fused-ring (bicyclic) bond motifs is 1. The van der Waals surface area contributed by atoms with Gasteiger partial charge in [0.1, 0.15) is 17.3 Å². The lowest BCUT2D eigenvalue weighted by molar-refractivity contribution is -0.205. The van der Waals surface area contributed by atoms with E-state index in [0.29, 0.717) is 39.8 Å². The number of unbranched alkanes of at least 4 members (excludes halogenated alkanes) is 1. The Morgan fingerprint density at radius 3 is 2.25 bits per heavy atom. The molecule has 0 fully saturated rings. The molecule has 2 aromatic carbocycles. The summed E-state index contributed by atoms with van der Waals surface area (Å²) in [7, 11) is 0.500. The number of nitrogens with zero attached hydrogens (tertiary/aromatic N) is 3. The summed E-state index contributed by atoms with van der Waals surface area (Å²) < 4.78 is 87.4. The van der Waals surface area contributed by atoms with Gasteiger partial charge in [-0.25, -0.2) is 18.2 Å². The van der Waals surface area contributed by atoms with Crippen molar-refractivity contribution >= 4 is 5.57 Å². The highest BCUT2D eigenvalue weighted by Gasteiger charge is 2.43. The molecule has 1 aliphatic rings. The lowest BCUT2D eigenvalue weighted by Gasteiger charge is -2.25. The van der Waals surface area contributed by atoms with E-state index in [1.54, 1.807) is 19.1 Å². The Bertz CT molecular complexity index is 1730. The van der Waals surface area contributed by atoms with E-state index < -0.39 is 19.0 Å². The fourth-order valence-electron chi connectivity index (χ4n) is 6.11. The quantitative estimate of drug-likeness (QED) is 0.0522. The Balaban J connectivity index is 0.00000347. The average Bonchev–Trinajstić information content (AvgIpc) is 3.89. The zero-order valence-corrected chi connectivity index (χ0v) is 36.6. The molecular formula is C48H67F6N3O2. The molecule has 328 valence electrons. The van der Waals surface area contributed by atoms with E-state index in [9.17, 15) is 26.3 Å². The summed E-state index contributed by atoms with van der Waals surface area (Å²) in [4.78, 5) is 7.58. The number of rotatable bonds is 19. The topological polar surface area (TPSA) is 39.5 Å². The van der Waals surface area contributed by atoms with Gasteiger partial charge in [0.05, 0.1) is 31.8 Å². The fraction of sp³-hybridized carbons (Fsp3) is 0.479. The number of imidazole rings is 1. The smallest absolute Gasteiger partial charge is 0.336 e. The van der Waals surface area contributed by atoms with Crippen molar-refractivity contribution in [2.24, 2.45) is 0 Å². The second kappa shape index (κ2) is 31.3. The van der Waals surface area contributed by atoms with E-state index in [0.717, 1.165) is 71.9 Å². The predicted molar refractivity (Wildman–Crippen MR) is 234 cm³/mol. The van der Waals surface area contributed by atoms with Crippen molar-refractivity contribution in [3.05, 3.63) is 113 Å². The third-order valence-electron chi connectivity index (χ3n) is 8.85. The van der Waals surface area contributed by atoms with Crippen molar-refractivity contribution < 1.29 is 35.8 Å². The number of ether oxygens (including phenoxy) is 2. The normalized spacial score (nSPS) is 13.4. The molecule has 0 aliphatic carbocycles. The number of halogens is 6. The highest BCUT2D eigenvalue weighted by atomic mass is 19.3. The van der Waals surface area contributed by atoms with Crippen molar-refractivity contribution in [1.82, 2.24) is 14.5 Å².